The van der Waals surface area contributed by atoms with Crippen LogP contribution in [0.3, 0.4) is 0 Å². The first-order valence-corrected chi connectivity index (χ1v) is 10.7. The molecule has 0 saturated carbocycles. The van der Waals surface area contributed by atoms with Crippen LogP contribution >= 0.6 is 0 Å². The van der Waals surface area contributed by atoms with Crippen LogP contribution in [0.15, 0.2) is 59.1 Å². The molecule has 9 heteroatoms. The van der Waals surface area contributed by atoms with Crippen LogP contribution < -0.4 is 5.32 Å². The fourth-order valence-electron chi connectivity index (χ4n) is 3.67. The second-order valence-corrected chi connectivity index (χ2v) is 7.84. The number of amides is 2. The average molecular weight is 454 g/mol. The van der Waals surface area contributed by atoms with Crippen LogP contribution in [0.4, 0.5) is 14.5 Å². The smallest absolute Gasteiger partial charge is 0.238 e. The van der Waals surface area contributed by atoms with Crippen LogP contribution in [-0.2, 0) is 16.0 Å². The molecule has 3 aromatic rings. The minimum Gasteiger partial charge on any atom is -0.441 e. The lowest BCUT2D eigenvalue weighted by Crippen LogP contribution is -2.50. The molecule has 33 heavy (non-hydrogen) atoms. The maximum atomic E-state index is 13.2. The van der Waals surface area contributed by atoms with E-state index in [1.165, 1.54) is 30.3 Å². The predicted molar refractivity (Wildman–Crippen MR) is 118 cm³/mol. The third kappa shape index (κ3) is 6.23. The zero-order valence-corrected chi connectivity index (χ0v) is 18.0. The number of nitrogens with zero attached hydrogens (tertiary/aromatic N) is 3. The number of nitrogens with one attached hydrogen (secondary N) is 1. The molecule has 1 aromatic heterocycles. The van der Waals surface area contributed by atoms with Crippen LogP contribution in [0.25, 0.3) is 11.3 Å². The van der Waals surface area contributed by atoms with Gasteiger partial charge in [-0.2, -0.15) is 0 Å². The Morgan fingerprint density at radius 2 is 1.76 bits per heavy atom. The average Bonchev–Trinajstić information content (AvgIpc) is 3.27. The van der Waals surface area contributed by atoms with Crippen molar-refractivity contribution in [1.29, 1.82) is 0 Å². The number of carbonyl (C=O) groups is 2. The Morgan fingerprint density at radius 1 is 1.00 bits per heavy atom. The minimum atomic E-state index is -0.406. The summed E-state index contributed by atoms with van der Waals surface area (Å²) < 4.78 is 32.0. The number of benzene rings is 2. The number of piperazine rings is 1. The number of halogens is 2. The number of oxazole rings is 1. The van der Waals surface area contributed by atoms with Gasteiger partial charge in [0.05, 0.1) is 12.7 Å². The molecule has 0 atom stereocenters. The van der Waals surface area contributed by atoms with Crippen LogP contribution in [0.2, 0.25) is 0 Å². The van der Waals surface area contributed by atoms with Crippen molar-refractivity contribution < 1.29 is 22.8 Å². The van der Waals surface area contributed by atoms with Crippen molar-refractivity contribution in [2.45, 2.75) is 12.8 Å². The van der Waals surface area contributed by atoms with E-state index in [0.717, 1.165) is 5.56 Å². The monoisotopic (exact) mass is 454 g/mol. The summed E-state index contributed by atoms with van der Waals surface area (Å²) in [7, 11) is 0. The van der Waals surface area contributed by atoms with E-state index in [-0.39, 0.29) is 30.6 Å². The Hall–Kier alpha value is -3.59. The number of aromatic nitrogens is 1. The lowest BCUT2D eigenvalue weighted by Gasteiger charge is -2.34. The summed E-state index contributed by atoms with van der Waals surface area (Å²) >= 11 is 0. The SMILES string of the molecule is O=C(CN1CCN(C(=O)CCc2ncc(-c3ccc(F)cc3)o2)CC1)Nc1cccc(F)c1. The largest absolute Gasteiger partial charge is 0.441 e. The molecule has 0 radical (unpaired) electrons. The number of anilines is 1. The van der Waals surface area contributed by atoms with Gasteiger partial charge in [-0.1, -0.05) is 6.07 Å². The summed E-state index contributed by atoms with van der Waals surface area (Å²) in [6, 6.07) is 11.7. The molecule has 172 valence electrons. The quantitative estimate of drug-likeness (QED) is 0.593. The molecule has 4 rings (SSSR count). The van der Waals surface area contributed by atoms with Gasteiger partial charge in [0, 0.05) is 50.3 Å². The topological polar surface area (TPSA) is 78.7 Å². The van der Waals surface area contributed by atoms with E-state index >= 15 is 0 Å². The maximum absolute atomic E-state index is 13.2. The molecule has 2 heterocycles. The molecule has 0 unspecified atom stereocenters. The van der Waals surface area contributed by atoms with Gasteiger partial charge in [-0.25, -0.2) is 13.8 Å². The van der Waals surface area contributed by atoms with Crippen LogP contribution in [0.1, 0.15) is 12.3 Å². The molecule has 1 aliphatic rings. The van der Waals surface area contributed by atoms with Crippen LogP contribution in [0.5, 0.6) is 0 Å². The van der Waals surface area contributed by atoms with Gasteiger partial charge < -0.3 is 14.6 Å². The van der Waals surface area contributed by atoms with Crippen molar-refractivity contribution in [3.05, 3.63) is 72.3 Å². The van der Waals surface area contributed by atoms with Gasteiger partial charge in [0.25, 0.3) is 0 Å². The van der Waals surface area contributed by atoms with Crippen molar-refractivity contribution in [1.82, 2.24) is 14.8 Å². The Bertz CT molecular complexity index is 1110. The summed E-state index contributed by atoms with van der Waals surface area (Å²) in [5.74, 6) is 0.0345. The summed E-state index contributed by atoms with van der Waals surface area (Å²) in [5.41, 5.74) is 1.14. The van der Waals surface area contributed by atoms with Crippen molar-refractivity contribution in [2.75, 3.05) is 38.0 Å². The van der Waals surface area contributed by atoms with Gasteiger partial charge >= 0.3 is 0 Å². The second kappa shape index (κ2) is 10.4. The lowest BCUT2D eigenvalue weighted by molar-refractivity contribution is -0.133. The van der Waals surface area contributed by atoms with Crippen molar-refractivity contribution in [2.24, 2.45) is 0 Å². The molecule has 0 bridgehead atoms. The third-order valence-corrected chi connectivity index (χ3v) is 5.44. The Labute approximate surface area is 190 Å². The fourth-order valence-corrected chi connectivity index (χ4v) is 3.67. The molecule has 1 aliphatic heterocycles. The number of hydrogen-bond acceptors (Lipinski definition) is 5. The van der Waals surface area contributed by atoms with Crippen LogP contribution in [0, 0.1) is 11.6 Å². The van der Waals surface area contributed by atoms with E-state index in [9.17, 15) is 18.4 Å². The minimum absolute atomic E-state index is 0.000365. The summed E-state index contributed by atoms with van der Waals surface area (Å²) in [6.45, 7) is 2.39. The number of aryl methyl sites for hydroxylation is 1. The van der Waals surface area contributed by atoms with E-state index in [0.29, 0.717) is 49.9 Å². The maximum Gasteiger partial charge on any atom is 0.238 e. The van der Waals surface area contributed by atoms with E-state index in [1.807, 2.05) is 4.90 Å². The van der Waals surface area contributed by atoms with E-state index < -0.39 is 5.82 Å². The van der Waals surface area contributed by atoms with Gasteiger partial charge in [0.1, 0.15) is 11.6 Å². The molecule has 2 aromatic carbocycles. The Morgan fingerprint density at radius 3 is 2.48 bits per heavy atom. The number of hydrogen-bond donors (Lipinski definition) is 1. The number of rotatable bonds is 7. The highest BCUT2D eigenvalue weighted by Gasteiger charge is 2.23. The van der Waals surface area contributed by atoms with Gasteiger partial charge in [-0.05, 0) is 42.5 Å². The molecule has 0 aliphatic carbocycles. The first kappa shape index (κ1) is 22.6. The molecule has 7 nitrogen and oxygen atoms in total. The van der Waals surface area contributed by atoms with Gasteiger partial charge in [-0.15, -0.1) is 0 Å². The third-order valence-electron chi connectivity index (χ3n) is 5.44. The highest BCUT2D eigenvalue weighted by Crippen LogP contribution is 2.21. The zero-order valence-electron chi connectivity index (χ0n) is 18.0. The summed E-state index contributed by atoms with van der Waals surface area (Å²) in [5, 5.41) is 2.68. The molecular formula is C24H24F2N4O3. The standard InChI is InChI=1S/C24H24F2N4O3/c25-18-6-4-17(5-7-18)21-15-27-23(33-21)8-9-24(32)30-12-10-29(11-13-30)16-22(31)28-20-3-1-2-19(26)14-20/h1-7,14-15H,8-13,16H2,(H,28,31). The molecule has 1 saturated heterocycles. The zero-order chi connectivity index (χ0) is 23.2. The highest BCUT2D eigenvalue weighted by atomic mass is 19.1. The molecule has 2 amide bonds. The predicted octanol–water partition coefficient (Wildman–Crippen LogP) is 3.34. The number of carbonyl (C=O) groups excluding carboxylic acids is 2. The fraction of sp³-hybridized carbons (Fsp3) is 0.292. The van der Waals surface area contributed by atoms with Gasteiger partial charge in [0.2, 0.25) is 11.8 Å². The lowest BCUT2D eigenvalue weighted by atomic mass is 10.2. The molecule has 1 fully saturated rings. The normalized spacial score (nSPS) is 14.3. The van der Waals surface area contributed by atoms with E-state index in [4.69, 9.17) is 4.42 Å². The first-order valence-electron chi connectivity index (χ1n) is 10.7. The van der Waals surface area contributed by atoms with Crippen LogP contribution in [-0.4, -0.2) is 59.3 Å². The Balaban J connectivity index is 1.19. The first-order chi connectivity index (χ1) is 16.0. The van der Waals surface area contributed by atoms with Crippen molar-refractivity contribution >= 4 is 17.5 Å². The highest BCUT2D eigenvalue weighted by molar-refractivity contribution is 5.92. The van der Waals surface area contributed by atoms with Crippen molar-refractivity contribution in [3.8, 4) is 11.3 Å². The van der Waals surface area contributed by atoms with Gasteiger partial charge in [0.15, 0.2) is 11.7 Å². The Kier molecular flexibility index (Phi) is 7.09. The van der Waals surface area contributed by atoms with Gasteiger partial charge in [-0.3, -0.25) is 14.5 Å². The second-order valence-electron chi connectivity index (χ2n) is 7.84. The summed E-state index contributed by atoms with van der Waals surface area (Å²) in [4.78, 5) is 32.7. The molecule has 1 N–H and O–H groups in total. The molecule has 0 spiro atoms. The van der Waals surface area contributed by atoms with E-state index in [2.05, 4.69) is 10.3 Å². The van der Waals surface area contributed by atoms with Crippen molar-refractivity contribution in [3.63, 3.8) is 0 Å². The molecular weight excluding hydrogens is 430 g/mol. The summed E-state index contributed by atoms with van der Waals surface area (Å²) in [6.07, 6.45) is 2.21. The van der Waals surface area contributed by atoms with E-state index in [1.54, 1.807) is 29.3 Å².